The quantitative estimate of drug-likeness (QED) is 0.876. The van der Waals surface area contributed by atoms with Gasteiger partial charge in [-0.25, -0.2) is 0 Å². The van der Waals surface area contributed by atoms with Crippen LogP contribution in [0.3, 0.4) is 0 Å². The third kappa shape index (κ3) is 3.52. The van der Waals surface area contributed by atoms with Gasteiger partial charge in [0, 0.05) is 30.5 Å². The van der Waals surface area contributed by atoms with Gasteiger partial charge < -0.3 is 10.6 Å². The number of piperidine rings is 1. The summed E-state index contributed by atoms with van der Waals surface area (Å²) < 4.78 is 0. The Morgan fingerprint density at radius 2 is 1.62 bits per heavy atom. The summed E-state index contributed by atoms with van der Waals surface area (Å²) >= 11 is 0. The van der Waals surface area contributed by atoms with Crippen molar-refractivity contribution in [3.8, 4) is 11.1 Å². The minimum Gasteiger partial charge on any atom is -0.311 e. The number of hydrogen-bond acceptors (Lipinski definition) is 3. The van der Waals surface area contributed by atoms with E-state index < -0.39 is 0 Å². The Morgan fingerprint density at radius 1 is 1.00 bits per heavy atom. The molecule has 1 aromatic heterocycles. The molecule has 3 heterocycles. The van der Waals surface area contributed by atoms with Gasteiger partial charge in [0.05, 0.1) is 0 Å². The molecule has 24 heavy (non-hydrogen) atoms. The van der Waals surface area contributed by atoms with Gasteiger partial charge in [0.2, 0.25) is 0 Å². The van der Waals surface area contributed by atoms with Crippen molar-refractivity contribution in [3.05, 3.63) is 54.4 Å². The van der Waals surface area contributed by atoms with Gasteiger partial charge in [0.1, 0.15) is 0 Å². The molecule has 2 bridgehead atoms. The second kappa shape index (κ2) is 7.04. The minimum absolute atomic E-state index is 0.407. The lowest BCUT2D eigenvalue weighted by Crippen LogP contribution is -2.41. The molecule has 3 heteroatoms. The average Bonchev–Trinajstić information content (AvgIpc) is 2.99. The fourth-order valence-corrected chi connectivity index (χ4v) is 4.31. The Kier molecular flexibility index (Phi) is 4.63. The summed E-state index contributed by atoms with van der Waals surface area (Å²) in [4.78, 5) is 4.09. The van der Waals surface area contributed by atoms with Gasteiger partial charge in [-0.15, -0.1) is 0 Å². The molecular formula is C21H27N3. The van der Waals surface area contributed by atoms with Crippen LogP contribution >= 0.6 is 0 Å². The number of rotatable bonds is 5. The third-order valence-electron chi connectivity index (χ3n) is 5.71. The summed E-state index contributed by atoms with van der Waals surface area (Å²) in [7, 11) is 0. The highest BCUT2D eigenvalue weighted by Gasteiger charge is 2.33. The van der Waals surface area contributed by atoms with E-state index >= 15 is 0 Å². The molecule has 2 aliphatic heterocycles. The molecule has 2 saturated heterocycles. The summed E-state index contributed by atoms with van der Waals surface area (Å²) in [6.07, 6.45) is 9.15. The topological polar surface area (TPSA) is 37.0 Å². The van der Waals surface area contributed by atoms with Crippen molar-refractivity contribution >= 4 is 0 Å². The SMILES string of the molecule is CC(NCC1C[C@H]2CC[C@@H](C1)N2)c1ccc(-c2ccncc2)cc1. The standard InChI is InChI=1S/C21H27N3/c1-15(23-14-16-12-20-6-7-21(13-16)24-20)17-2-4-18(5-3-17)19-8-10-22-11-9-19/h2-5,8-11,15-16,20-21,23-24H,6-7,12-14H2,1H3/t15?,16?,20-,21+. The van der Waals surface area contributed by atoms with E-state index in [-0.39, 0.29) is 0 Å². The molecule has 0 spiro atoms. The van der Waals surface area contributed by atoms with E-state index in [4.69, 9.17) is 0 Å². The van der Waals surface area contributed by atoms with Crippen molar-refractivity contribution in [3.63, 3.8) is 0 Å². The second-order valence-electron chi connectivity index (χ2n) is 7.46. The van der Waals surface area contributed by atoms with Crippen LogP contribution in [-0.4, -0.2) is 23.6 Å². The van der Waals surface area contributed by atoms with Crippen molar-refractivity contribution in [1.82, 2.24) is 15.6 Å². The molecule has 4 rings (SSSR count). The van der Waals surface area contributed by atoms with E-state index in [1.807, 2.05) is 12.4 Å². The summed E-state index contributed by atoms with van der Waals surface area (Å²) in [6.45, 7) is 3.42. The van der Waals surface area contributed by atoms with Gasteiger partial charge in [0.15, 0.2) is 0 Å². The molecular weight excluding hydrogens is 294 g/mol. The monoisotopic (exact) mass is 321 g/mol. The Labute approximate surface area is 144 Å². The maximum absolute atomic E-state index is 4.09. The van der Waals surface area contributed by atoms with Gasteiger partial charge in [0.25, 0.3) is 0 Å². The lowest BCUT2D eigenvalue weighted by Gasteiger charge is -2.30. The molecule has 2 aliphatic rings. The Bertz CT molecular complexity index is 641. The number of nitrogens with one attached hydrogen (secondary N) is 2. The smallest absolute Gasteiger partial charge is 0.0291 e. The molecule has 2 aromatic rings. The number of benzene rings is 1. The van der Waals surface area contributed by atoms with Crippen LogP contribution in [0.4, 0.5) is 0 Å². The Hall–Kier alpha value is -1.71. The first-order valence-electron chi connectivity index (χ1n) is 9.28. The number of pyridine rings is 1. The van der Waals surface area contributed by atoms with Crippen molar-refractivity contribution in [2.45, 2.75) is 50.7 Å². The van der Waals surface area contributed by atoms with Crippen molar-refractivity contribution < 1.29 is 0 Å². The van der Waals surface area contributed by atoms with Crippen LogP contribution in [0.1, 0.15) is 44.2 Å². The lowest BCUT2D eigenvalue weighted by molar-refractivity contribution is 0.284. The number of aromatic nitrogens is 1. The number of fused-ring (bicyclic) bond motifs is 2. The zero-order valence-electron chi connectivity index (χ0n) is 14.4. The van der Waals surface area contributed by atoms with Crippen LogP contribution in [0.25, 0.3) is 11.1 Å². The Balaban J connectivity index is 1.34. The Morgan fingerprint density at radius 3 is 2.29 bits per heavy atom. The molecule has 1 aromatic carbocycles. The van der Waals surface area contributed by atoms with E-state index in [0.717, 1.165) is 24.5 Å². The van der Waals surface area contributed by atoms with E-state index in [1.54, 1.807) is 0 Å². The van der Waals surface area contributed by atoms with Crippen molar-refractivity contribution in [1.29, 1.82) is 0 Å². The molecule has 2 unspecified atom stereocenters. The average molecular weight is 321 g/mol. The highest BCUT2D eigenvalue weighted by Crippen LogP contribution is 2.31. The summed E-state index contributed by atoms with van der Waals surface area (Å²) in [5, 5.41) is 7.49. The van der Waals surface area contributed by atoms with E-state index in [9.17, 15) is 0 Å². The van der Waals surface area contributed by atoms with Gasteiger partial charge in [-0.1, -0.05) is 24.3 Å². The molecule has 0 amide bonds. The zero-order chi connectivity index (χ0) is 16.4. The lowest BCUT2D eigenvalue weighted by atomic mass is 9.92. The van der Waals surface area contributed by atoms with Crippen LogP contribution in [0.15, 0.2) is 48.8 Å². The van der Waals surface area contributed by atoms with Gasteiger partial charge in [-0.05, 0) is 73.9 Å². The normalized spacial score (nSPS) is 27.1. The fraction of sp³-hybridized carbons (Fsp3) is 0.476. The van der Waals surface area contributed by atoms with Crippen molar-refractivity contribution in [2.24, 2.45) is 5.92 Å². The first-order chi connectivity index (χ1) is 11.8. The third-order valence-corrected chi connectivity index (χ3v) is 5.71. The predicted octanol–water partition coefficient (Wildman–Crippen LogP) is 3.93. The number of hydrogen-bond donors (Lipinski definition) is 2. The van der Waals surface area contributed by atoms with Crippen LogP contribution in [0.2, 0.25) is 0 Å². The zero-order valence-corrected chi connectivity index (χ0v) is 14.4. The van der Waals surface area contributed by atoms with Crippen LogP contribution in [-0.2, 0) is 0 Å². The summed E-state index contributed by atoms with van der Waals surface area (Å²) in [5.74, 6) is 0.835. The predicted molar refractivity (Wildman–Crippen MR) is 98.8 cm³/mol. The molecule has 0 aliphatic carbocycles. The minimum atomic E-state index is 0.407. The molecule has 2 fully saturated rings. The van der Waals surface area contributed by atoms with E-state index in [2.05, 4.69) is 58.9 Å². The largest absolute Gasteiger partial charge is 0.311 e. The highest BCUT2D eigenvalue weighted by molar-refractivity contribution is 5.62. The summed E-state index contributed by atoms with van der Waals surface area (Å²) in [6, 6.07) is 15.0. The molecule has 3 nitrogen and oxygen atoms in total. The second-order valence-corrected chi connectivity index (χ2v) is 7.46. The van der Waals surface area contributed by atoms with Crippen LogP contribution in [0.5, 0.6) is 0 Å². The van der Waals surface area contributed by atoms with Gasteiger partial charge in [-0.2, -0.15) is 0 Å². The van der Waals surface area contributed by atoms with E-state index in [0.29, 0.717) is 6.04 Å². The molecule has 126 valence electrons. The maximum atomic E-state index is 4.09. The fourth-order valence-electron chi connectivity index (χ4n) is 4.31. The van der Waals surface area contributed by atoms with Gasteiger partial charge >= 0.3 is 0 Å². The molecule has 0 saturated carbocycles. The molecule has 0 radical (unpaired) electrons. The summed E-state index contributed by atoms with van der Waals surface area (Å²) in [5.41, 5.74) is 3.84. The van der Waals surface area contributed by atoms with Crippen LogP contribution in [0, 0.1) is 5.92 Å². The van der Waals surface area contributed by atoms with Crippen LogP contribution < -0.4 is 10.6 Å². The van der Waals surface area contributed by atoms with Crippen molar-refractivity contribution in [2.75, 3.05) is 6.54 Å². The van der Waals surface area contributed by atoms with Gasteiger partial charge in [-0.3, -0.25) is 4.98 Å². The maximum Gasteiger partial charge on any atom is 0.0291 e. The molecule has 2 N–H and O–H groups in total. The first kappa shape index (κ1) is 15.8. The molecule has 4 atom stereocenters. The number of nitrogens with zero attached hydrogens (tertiary/aromatic N) is 1. The highest BCUT2D eigenvalue weighted by atomic mass is 15.0. The van der Waals surface area contributed by atoms with E-state index in [1.165, 1.54) is 42.4 Å². The first-order valence-corrected chi connectivity index (χ1v) is 9.28.